The molecule has 0 amide bonds. The van der Waals surface area contributed by atoms with Crippen LogP contribution in [0.25, 0.3) is 76.5 Å². The Morgan fingerprint density at radius 1 is 0.298 bits per heavy atom. The van der Waals surface area contributed by atoms with Crippen LogP contribution in [0.5, 0.6) is 0 Å². The molecule has 0 aliphatic heterocycles. The summed E-state index contributed by atoms with van der Waals surface area (Å²) in [5, 5.41) is 10.4. The molecule has 10 aromatic rings. The first-order valence-electron chi connectivity index (χ1n) is 20.2. The predicted octanol–water partition coefficient (Wildman–Crippen LogP) is 16.1. The van der Waals surface area contributed by atoms with Crippen LogP contribution >= 0.6 is 0 Å². The van der Waals surface area contributed by atoms with E-state index in [9.17, 15) is 0 Å². The molecule has 0 aliphatic carbocycles. The molecule has 0 N–H and O–H groups in total. The van der Waals surface area contributed by atoms with Gasteiger partial charge in [0.1, 0.15) is 0 Å². The van der Waals surface area contributed by atoms with Gasteiger partial charge in [-0.1, -0.05) is 226 Å². The smallest absolute Gasteiger partial charge is 0.00266 e. The fourth-order valence-electron chi connectivity index (χ4n) is 7.98. The van der Waals surface area contributed by atoms with Gasteiger partial charge in [-0.25, -0.2) is 0 Å². The Hall–Kier alpha value is -6.76. The maximum atomic E-state index is 2.41. The van der Waals surface area contributed by atoms with E-state index in [1.54, 1.807) is 0 Å². The molecule has 0 aliphatic rings. The molecular formula is C57H48. The van der Waals surface area contributed by atoms with E-state index in [2.05, 4.69) is 221 Å². The topological polar surface area (TPSA) is 0 Å². The minimum Gasteiger partial charge on any atom is -0.0622 e. The molecule has 0 heterocycles. The van der Waals surface area contributed by atoms with Crippen molar-refractivity contribution < 1.29 is 0 Å². The third-order valence-corrected chi connectivity index (χ3v) is 11.0. The molecule has 276 valence electrons. The highest BCUT2D eigenvalue weighted by Gasteiger charge is 2.15. The molecule has 0 aromatic heterocycles. The van der Waals surface area contributed by atoms with Crippen molar-refractivity contribution in [2.45, 2.75) is 33.6 Å². The van der Waals surface area contributed by atoms with E-state index in [4.69, 9.17) is 0 Å². The number of rotatable bonds is 5. The molecule has 0 saturated carbocycles. The fraction of sp³-hybridized carbons (Fsp3) is 0.0877. The second kappa shape index (κ2) is 17.4. The minimum atomic E-state index is 1.05. The van der Waals surface area contributed by atoms with Gasteiger partial charge in [-0.2, -0.15) is 0 Å². The summed E-state index contributed by atoms with van der Waals surface area (Å²) in [4.78, 5) is 0. The summed E-state index contributed by atoms with van der Waals surface area (Å²) in [6.45, 7) is 6.49. The maximum Gasteiger partial charge on any atom is -0.00266 e. The van der Waals surface area contributed by atoms with Crippen LogP contribution in [0.2, 0.25) is 0 Å². The van der Waals surface area contributed by atoms with Gasteiger partial charge in [-0.3, -0.25) is 0 Å². The highest BCUT2D eigenvalue weighted by Crippen LogP contribution is 2.42. The lowest BCUT2D eigenvalue weighted by atomic mass is 9.87. The molecule has 0 radical (unpaired) electrons. The molecule has 0 fully saturated rings. The third kappa shape index (κ3) is 8.13. The Balaban J connectivity index is 0.000000176. The van der Waals surface area contributed by atoms with Gasteiger partial charge < -0.3 is 0 Å². The second-order valence-corrected chi connectivity index (χ2v) is 14.7. The van der Waals surface area contributed by atoms with Crippen LogP contribution in [0.3, 0.4) is 0 Å². The van der Waals surface area contributed by atoms with Crippen LogP contribution in [-0.2, 0) is 12.8 Å². The normalized spacial score (nSPS) is 10.9. The average Bonchev–Trinajstić information content (AvgIpc) is 3.29. The van der Waals surface area contributed by atoms with Crippen LogP contribution in [0.1, 0.15) is 30.5 Å². The Labute approximate surface area is 337 Å². The van der Waals surface area contributed by atoms with Crippen LogP contribution in [0, 0.1) is 6.92 Å². The molecule has 0 heteroatoms. The molecule has 10 rings (SSSR count). The average molecular weight is 733 g/mol. The molecule has 0 unspecified atom stereocenters. The quantitative estimate of drug-likeness (QED) is 0.155. The number of fused-ring (bicyclic) bond motifs is 7. The van der Waals surface area contributed by atoms with Gasteiger partial charge in [0.05, 0.1) is 0 Å². The van der Waals surface area contributed by atoms with Gasteiger partial charge in [-0.05, 0) is 113 Å². The number of hydrogen-bond donors (Lipinski definition) is 0. The Morgan fingerprint density at radius 3 is 1.39 bits per heavy atom. The van der Waals surface area contributed by atoms with Gasteiger partial charge in [0.25, 0.3) is 0 Å². The summed E-state index contributed by atoms with van der Waals surface area (Å²) in [6.07, 6.45) is 2.19. The van der Waals surface area contributed by atoms with Crippen molar-refractivity contribution in [2.24, 2.45) is 0 Å². The Kier molecular flexibility index (Phi) is 11.3. The molecular weight excluding hydrogens is 685 g/mol. The largest absolute Gasteiger partial charge is 0.0622 e. The standard InChI is InChI=1S/C36H26.C13H12.C8H10/c1-2-24-15-17-26(18-16-24)29-21-19-25-9-3-4-10-28(25)36(29)27-20-22-34-32-13-6-5-11-30(32)31-12-7-8-14-33(31)35(34)23-27;1-11-6-5-9-13(10-11)12-7-3-2-4-8-12;1-2-8-6-4-3-5-7-8/h3-23H,2H2,1H3;2-10H,1H3;3-7H,2H2,1H3. The number of hydrogen-bond acceptors (Lipinski definition) is 0. The zero-order chi connectivity index (χ0) is 39.0. The van der Waals surface area contributed by atoms with E-state index in [0.717, 1.165) is 12.8 Å². The molecule has 0 nitrogen and oxygen atoms in total. The summed E-state index contributed by atoms with van der Waals surface area (Å²) in [6, 6.07) is 76.5. The van der Waals surface area contributed by atoms with Gasteiger partial charge in [0.15, 0.2) is 0 Å². The minimum absolute atomic E-state index is 1.05. The van der Waals surface area contributed by atoms with Crippen molar-refractivity contribution in [1.29, 1.82) is 0 Å². The first-order valence-corrected chi connectivity index (χ1v) is 20.2. The monoisotopic (exact) mass is 732 g/mol. The first kappa shape index (κ1) is 37.2. The molecule has 0 saturated heterocycles. The van der Waals surface area contributed by atoms with E-state index >= 15 is 0 Å². The number of aryl methyl sites for hydroxylation is 3. The Bertz CT molecular complexity index is 2870. The summed E-state index contributed by atoms with van der Waals surface area (Å²) in [5.41, 5.74) is 11.8. The van der Waals surface area contributed by atoms with Crippen molar-refractivity contribution in [2.75, 3.05) is 0 Å². The number of benzene rings is 10. The van der Waals surface area contributed by atoms with Crippen LogP contribution in [0.15, 0.2) is 212 Å². The first-order chi connectivity index (χ1) is 28.1. The highest BCUT2D eigenvalue weighted by atomic mass is 14.2. The van der Waals surface area contributed by atoms with Crippen LogP contribution in [0.4, 0.5) is 0 Å². The van der Waals surface area contributed by atoms with E-state index in [1.807, 2.05) is 12.1 Å². The van der Waals surface area contributed by atoms with E-state index in [1.165, 1.54) is 93.2 Å². The zero-order valence-corrected chi connectivity index (χ0v) is 33.1. The van der Waals surface area contributed by atoms with Crippen molar-refractivity contribution in [3.8, 4) is 33.4 Å². The van der Waals surface area contributed by atoms with Crippen LogP contribution < -0.4 is 0 Å². The molecule has 0 spiro atoms. The Morgan fingerprint density at radius 2 is 0.789 bits per heavy atom. The maximum absolute atomic E-state index is 2.41. The lowest BCUT2D eigenvalue weighted by Gasteiger charge is -2.17. The van der Waals surface area contributed by atoms with Crippen molar-refractivity contribution in [1.82, 2.24) is 0 Å². The van der Waals surface area contributed by atoms with E-state index < -0.39 is 0 Å². The lowest BCUT2D eigenvalue weighted by molar-refractivity contribution is 1.14. The summed E-state index contributed by atoms with van der Waals surface area (Å²) >= 11 is 0. The van der Waals surface area contributed by atoms with Crippen molar-refractivity contribution in [3.63, 3.8) is 0 Å². The fourth-order valence-corrected chi connectivity index (χ4v) is 7.98. The highest BCUT2D eigenvalue weighted by molar-refractivity contribution is 6.26. The van der Waals surface area contributed by atoms with Gasteiger partial charge in [0, 0.05) is 0 Å². The van der Waals surface area contributed by atoms with Crippen LogP contribution in [-0.4, -0.2) is 0 Å². The van der Waals surface area contributed by atoms with E-state index in [-0.39, 0.29) is 0 Å². The van der Waals surface area contributed by atoms with Gasteiger partial charge in [0.2, 0.25) is 0 Å². The molecule has 0 bridgehead atoms. The molecule has 10 aromatic carbocycles. The van der Waals surface area contributed by atoms with Crippen molar-refractivity contribution >= 4 is 43.1 Å². The molecule has 57 heavy (non-hydrogen) atoms. The zero-order valence-electron chi connectivity index (χ0n) is 33.1. The summed E-state index contributed by atoms with van der Waals surface area (Å²) < 4.78 is 0. The van der Waals surface area contributed by atoms with Gasteiger partial charge in [-0.15, -0.1) is 0 Å². The lowest BCUT2D eigenvalue weighted by Crippen LogP contribution is -1.90. The summed E-state index contributed by atoms with van der Waals surface area (Å²) in [5.74, 6) is 0. The van der Waals surface area contributed by atoms with E-state index in [0.29, 0.717) is 0 Å². The SMILES string of the molecule is CCc1ccc(-c2ccc3ccccc3c2-c2ccc3c4ccccc4c4ccccc4c3c2)cc1.CCc1ccccc1.Cc1cccc(-c2ccccc2)c1. The second-order valence-electron chi connectivity index (χ2n) is 14.7. The summed E-state index contributed by atoms with van der Waals surface area (Å²) in [7, 11) is 0. The predicted molar refractivity (Wildman–Crippen MR) is 249 cm³/mol. The third-order valence-electron chi connectivity index (χ3n) is 11.0. The van der Waals surface area contributed by atoms with Crippen molar-refractivity contribution in [3.05, 3.63) is 229 Å². The van der Waals surface area contributed by atoms with Gasteiger partial charge >= 0.3 is 0 Å². The molecule has 0 atom stereocenters.